The molecule has 128 valence electrons. The summed E-state index contributed by atoms with van der Waals surface area (Å²) in [6.45, 7) is 7.37. The summed E-state index contributed by atoms with van der Waals surface area (Å²) < 4.78 is 5.87. The van der Waals surface area contributed by atoms with Gasteiger partial charge < -0.3 is 15.8 Å². The minimum Gasteiger partial charge on any atom is -0.491 e. The van der Waals surface area contributed by atoms with E-state index in [-0.39, 0.29) is 6.10 Å². The van der Waals surface area contributed by atoms with Crippen LogP contribution in [0, 0.1) is 6.92 Å². The molecule has 3 N–H and O–H groups in total. The first kappa shape index (κ1) is 17.9. The second-order valence-corrected chi connectivity index (χ2v) is 6.14. The second-order valence-electron chi connectivity index (χ2n) is 6.14. The molecule has 0 radical (unpaired) electrons. The maximum absolute atomic E-state index is 5.96. The fraction of sp³-hybridized carbons (Fsp3) is 0.350. The van der Waals surface area contributed by atoms with Crippen LogP contribution in [0.15, 0.2) is 53.5 Å². The van der Waals surface area contributed by atoms with Gasteiger partial charge in [-0.25, -0.2) is 4.99 Å². The van der Waals surface area contributed by atoms with E-state index in [1.165, 1.54) is 11.1 Å². The first-order valence-electron chi connectivity index (χ1n) is 8.38. The molecule has 0 amide bonds. The van der Waals surface area contributed by atoms with Crippen LogP contribution in [0.3, 0.4) is 0 Å². The van der Waals surface area contributed by atoms with Crippen molar-refractivity contribution in [2.24, 2.45) is 10.7 Å². The van der Waals surface area contributed by atoms with Crippen LogP contribution in [-0.2, 0) is 13.0 Å². The topological polar surface area (TPSA) is 59.6 Å². The smallest absolute Gasteiger partial charge is 0.188 e. The van der Waals surface area contributed by atoms with Gasteiger partial charge in [0.1, 0.15) is 5.75 Å². The van der Waals surface area contributed by atoms with Gasteiger partial charge in [-0.2, -0.15) is 0 Å². The number of hydrogen-bond donors (Lipinski definition) is 2. The first-order chi connectivity index (χ1) is 11.5. The van der Waals surface area contributed by atoms with Crippen molar-refractivity contribution in [2.45, 2.75) is 39.8 Å². The van der Waals surface area contributed by atoms with Crippen LogP contribution >= 0.6 is 0 Å². The second kappa shape index (κ2) is 8.96. The van der Waals surface area contributed by atoms with Gasteiger partial charge in [0.2, 0.25) is 0 Å². The van der Waals surface area contributed by atoms with Crippen LogP contribution < -0.4 is 15.8 Å². The predicted octanol–water partition coefficient (Wildman–Crippen LogP) is 3.43. The van der Waals surface area contributed by atoms with Crippen LogP contribution in [0.4, 0.5) is 0 Å². The van der Waals surface area contributed by atoms with Crippen LogP contribution in [-0.4, -0.2) is 18.6 Å². The Morgan fingerprint density at radius 1 is 1.17 bits per heavy atom. The predicted molar refractivity (Wildman–Crippen MR) is 100 cm³/mol. The quantitative estimate of drug-likeness (QED) is 0.606. The summed E-state index contributed by atoms with van der Waals surface area (Å²) in [5, 5.41) is 3.16. The molecule has 0 fully saturated rings. The van der Waals surface area contributed by atoms with Gasteiger partial charge in [0, 0.05) is 12.1 Å². The maximum atomic E-state index is 5.96. The van der Waals surface area contributed by atoms with E-state index < -0.39 is 0 Å². The molecule has 0 saturated carbocycles. The average molecular weight is 325 g/mol. The normalized spacial score (nSPS) is 11.6. The maximum Gasteiger partial charge on any atom is 0.188 e. The van der Waals surface area contributed by atoms with E-state index >= 15 is 0 Å². The Morgan fingerprint density at radius 3 is 2.62 bits per heavy atom. The van der Waals surface area contributed by atoms with E-state index in [1.54, 1.807) is 0 Å². The number of ether oxygens (including phenoxy) is 1. The standard InChI is InChI=1S/C20H27N3O/c1-15(2)24-19-13-16(3)9-10-18(19)14-23-20(21)22-12-11-17-7-5-4-6-8-17/h4-10,13,15H,11-12,14H2,1-3H3,(H3,21,22,23). The largest absolute Gasteiger partial charge is 0.491 e. The van der Waals surface area contributed by atoms with Gasteiger partial charge in [-0.3, -0.25) is 0 Å². The van der Waals surface area contributed by atoms with Crippen LogP contribution in [0.25, 0.3) is 0 Å². The van der Waals surface area contributed by atoms with Crippen molar-refractivity contribution in [3.05, 3.63) is 65.2 Å². The summed E-state index contributed by atoms with van der Waals surface area (Å²) in [5.74, 6) is 1.34. The van der Waals surface area contributed by atoms with Crippen molar-refractivity contribution in [3.63, 3.8) is 0 Å². The Bertz CT molecular complexity index is 666. The third kappa shape index (κ3) is 5.95. The molecule has 0 aliphatic heterocycles. The van der Waals surface area contributed by atoms with Crippen LogP contribution in [0.1, 0.15) is 30.5 Å². The van der Waals surface area contributed by atoms with Crippen molar-refractivity contribution in [1.29, 1.82) is 0 Å². The van der Waals surface area contributed by atoms with Gasteiger partial charge in [0.15, 0.2) is 5.96 Å². The van der Waals surface area contributed by atoms with E-state index in [2.05, 4.69) is 35.4 Å². The number of aryl methyl sites for hydroxylation is 1. The molecule has 0 spiro atoms. The highest BCUT2D eigenvalue weighted by molar-refractivity contribution is 5.77. The summed E-state index contributed by atoms with van der Waals surface area (Å²) in [6, 6.07) is 16.5. The Hall–Kier alpha value is -2.49. The molecular weight excluding hydrogens is 298 g/mol. The fourth-order valence-corrected chi connectivity index (χ4v) is 2.36. The van der Waals surface area contributed by atoms with Gasteiger partial charge in [-0.1, -0.05) is 42.5 Å². The average Bonchev–Trinajstić information content (AvgIpc) is 2.54. The van der Waals surface area contributed by atoms with E-state index in [9.17, 15) is 0 Å². The summed E-state index contributed by atoms with van der Waals surface area (Å²) in [4.78, 5) is 4.43. The fourth-order valence-electron chi connectivity index (χ4n) is 2.36. The zero-order valence-corrected chi connectivity index (χ0v) is 14.8. The molecular formula is C20H27N3O. The number of aliphatic imine (C=N–C) groups is 1. The zero-order valence-electron chi connectivity index (χ0n) is 14.8. The molecule has 0 unspecified atom stereocenters. The SMILES string of the molecule is Cc1ccc(CN=C(N)NCCc2ccccc2)c(OC(C)C)c1. The summed E-state index contributed by atoms with van der Waals surface area (Å²) in [7, 11) is 0. The lowest BCUT2D eigenvalue weighted by Crippen LogP contribution is -2.33. The number of nitrogens with two attached hydrogens (primary N) is 1. The Morgan fingerprint density at radius 2 is 1.92 bits per heavy atom. The summed E-state index contributed by atoms with van der Waals surface area (Å²) in [5.41, 5.74) is 9.46. The molecule has 4 heteroatoms. The lowest BCUT2D eigenvalue weighted by atomic mass is 10.1. The molecule has 2 rings (SSSR count). The Labute approximate surface area is 144 Å². The highest BCUT2D eigenvalue weighted by Crippen LogP contribution is 2.22. The van der Waals surface area contributed by atoms with Crippen molar-refractivity contribution in [2.75, 3.05) is 6.54 Å². The molecule has 0 aliphatic rings. The lowest BCUT2D eigenvalue weighted by Gasteiger charge is -2.14. The van der Waals surface area contributed by atoms with Gasteiger partial charge in [0.25, 0.3) is 0 Å². The zero-order chi connectivity index (χ0) is 17.4. The molecule has 4 nitrogen and oxygen atoms in total. The van der Waals surface area contributed by atoms with E-state index in [4.69, 9.17) is 10.5 Å². The molecule has 0 aromatic heterocycles. The highest BCUT2D eigenvalue weighted by atomic mass is 16.5. The molecule has 24 heavy (non-hydrogen) atoms. The third-order valence-electron chi connectivity index (χ3n) is 3.57. The van der Waals surface area contributed by atoms with Gasteiger partial charge in [-0.15, -0.1) is 0 Å². The molecule has 0 aliphatic carbocycles. The number of guanidine groups is 1. The van der Waals surface area contributed by atoms with E-state index in [1.807, 2.05) is 44.2 Å². The number of hydrogen-bond acceptors (Lipinski definition) is 2. The van der Waals surface area contributed by atoms with Gasteiger partial charge in [0.05, 0.1) is 12.6 Å². The Kier molecular flexibility index (Phi) is 6.67. The number of rotatable bonds is 7. The number of benzene rings is 2. The van der Waals surface area contributed by atoms with E-state index in [0.717, 1.165) is 24.3 Å². The summed E-state index contributed by atoms with van der Waals surface area (Å²) >= 11 is 0. The molecule has 0 heterocycles. The van der Waals surface area contributed by atoms with Crippen molar-refractivity contribution in [1.82, 2.24) is 5.32 Å². The molecule has 0 bridgehead atoms. The molecule has 2 aromatic rings. The third-order valence-corrected chi connectivity index (χ3v) is 3.57. The monoisotopic (exact) mass is 325 g/mol. The van der Waals surface area contributed by atoms with Gasteiger partial charge >= 0.3 is 0 Å². The van der Waals surface area contributed by atoms with Crippen molar-refractivity contribution >= 4 is 5.96 Å². The van der Waals surface area contributed by atoms with Crippen LogP contribution in [0.2, 0.25) is 0 Å². The minimum atomic E-state index is 0.135. The number of nitrogens with zero attached hydrogens (tertiary/aromatic N) is 1. The first-order valence-corrected chi connectivity index (χ1v) is 8.38. The Balaban J connectivity index is 1.89. The van der Waals surface area contributed by atoms with Gasteiger partial charge in [-0.05, 0) is 44.4 Å². The minimum absolute atomic E-state index is 0.135. The molecule has 0 atom stereocenters. The van der Waals surface area contributed by atoms with E-state index in [0.29, 0.717) is 12.5 Å². The molecule has 2 aromatic carbocycles. The lowest BCUT2D eigenvalue weighted by molar-refractivity contribution is 0.240. The van der Waals surface area contributed by atoms with Crippen molar-refractivity contribution in [3.8, 4) is 5.75 Å². The molecule has 0 saturated heterocycles. The number of nitrogens with one attached hydrogen (secondary N) is 1. The summed E-state index contributed by atoms with van der Waals surface area (Å²) in [6.07, 6.45) is 1.06. The highest BCUT2D eigenvalue weighted by Gasteiger charge is 2.06. The van der Waals surface area contributed by atoms with Crippen molar-refractivity contribution < 1.29 is 4.74 Å². The van der Waals surface area contributed by atoms with Crippen LogP contribution in [0.5, 0.6) is 5.75 Å².